The zero-order valence-corrected chi connectivity index (χ0v) is 12.3. The summed E-state index contributed by atoms with van der Waals surface area (Å²) in [6, 6.07) is 12.5. The van der Waals surface area contributed by atoms with Crippen molar-refractivity contribution in [3.8, 4) is 0 Å². The first-order valence-corrected chi connectivity index (χ1v) is 8.16. The van der Waals surface area contributed by atoms with Gasteiger partial charge in [0, 0.05) is 22.0 Å². The lowest BCUT2D eigenvalue weighted by atomic mass is 9.78. The molecule has 1 aliphatic rings. The van der Waals surface area contributed by atoms with Gasteiger partial charge in [-0.15, -0.1) is 0 Å². The maximum absolute atomic E-state index is 11.4. The highest BCUT2D eigenvalue weighted by Gasteiger charge is 2.28. The summed E-state index contributed by atoms with van der Waals surface area (Å²) in [5.74, 6) is 0. The quantitative estimate of drug-likeness (QED) is 0.820. The molecule has 2 aromatic rings. The lowest BCUT2D eigenvalue weighted by Gasteiger charge is -2.13. The number of rotatable bonds is 3. The van der Waals surface area contributed by atoms with Crippen molar-refractivity contribution in [3.63, 3.8) is 0 Å². The third kappa shape index (κ3) is 2.80. The van der Waals surface area contributed by atoms with Crippen molar-refractivity contribution < 1.29 is 19.0 Å². The Morgan fingerprint density at radius 2 is 1.86 bits per heavy atom. The van der Waals surface area contributed by atoms with Crippen LogP contribution in [0.5, 0.6) is 0 Å². The number of hydrogen-bond donors (Lipinski definition) is 2. The number of fused-ring (bicyclic) bond motifs is 1. The largest absolute Gasteiger partial charge is 0.491 e. The Bertz CT molecular complexity index is 687. The third-order valence-corrected chi connectivity index (χ3v) is 4.61. The van der Waals surface area contributed by atoms with E-state index in [0.717, 1.165) is 16.0 Å². The molecule has 0 amide bonds. The highest BCUT2D eigenvalue weighted by Crippen LogP contribution is 2.24. The van der Waals surface area contributed by atoms with Crippen LogP contribution in [0.15, 0.2) is 47.4 Å². The van der Waals surface area contributed by atoms with E-state index in [4.69, 9.17) is 4.65 Å². The molecule has 0 saturated carbocycles. The second-order valence-electron chi connectivity index (χ2n) is 5.05. The maximum Gasteiger partial charge on any atom is 0.491 e. The summed E-state index contributed by atoms with van der Waals surface area (Å²) in [4.78, 5) is 0.726. The molecule has 0 aliphatic carbocycles. The maximum atomic E-state index is 11.4. The van der Waals surface area contributed by atoms with Crippen LogP contribution in [0.3, 0.4) is 0 Å². The molecule has 0 aromatic heterocycles. The van der Waals surface area contributed by atoms with Gasteiger partial charge in [-0.3, -0.25) is 4.21 Å². The highest BCUT2D eigenvalue weighted by molar-refractivity contribution is 7.84. The second-order valence-corrected chi connectivity index (χ2v) is 6.43. The van der Waals surface area contributed by atoms with E-state index in [1.54, 1.807) is 36.6 Å². The molecular formula is C15H15BO4S. The zero-order valence-electron chi connectivity index (χ0n) is 11.5. The average Bonchev–Trinajstić information content (AvgIpc) is 2.87. The minimum atomic E-state index is -1.03. The van der Waals surface area contributed by atoms with E-state index in [-0.39, 0.29) is 0 Å². The molecule has 2 unspecified atom stereocenters. The predicted octanol–water partition coefficient (Wildman–Crippen LogP) is 0.723. The van der Waals surface area contributed by atoms with Gasteiger partial charge in [-0.1, -0.05) is 30.3 Å². The highest BCUT2D eigenvalue weighted by atomic mass is 32.2. The molecule has 2 N–H and O–H groups in total. The summed E-state index contributed by atoms with van der Waals surface area (Å²) in [7, 11) is -1.95. The fourth-order valence-electron chi connectivity index (χ4n) is 2.44. The molecule has 2 atom stereocenters. The minimum absolute atomic E-state index is 0.393. The Labute approximate surface area is 126 Å². The fraction of sp³-hybridized carbons (Fsp3) is 0.200. The molecule has 21 heavy (non-hydrogen) atoms. The molecule has 0 spiro atoms. The molecule has 1 heterocycles. The van der Waals surface area contributed by atoms with Gasteiger partial charge in [-0.25, -0.2) is 0 Å². The number of benzene rings is 2. The van der Waals surface area contributed by atoms with Crippen LogP contribution in [0.1, 0.15) is 22.8 Å². The van der Waals surface area contributed by atoms with Gasteiger partial charge < -0.3 is 14.8 Å². The molecule has 0 bridgehead atoms. The van der Waals surface area contributed by atoms with Gasteiger partial charge in [0.2, 0.25) is 0 Å². The third-order valence-electron chi connectivity index (χ3n) is 3.68. The molecular weight excluding hydrogens is 287 g/mol. The Morgan fingerprint density at radius 3 is 2.52 bits per heavy atom. The predicted molar refractivity (Wildman–Crippen MR) is 81.7 cm³/mol. The molecule has 108 valence electrons. The molecule has 4 nitrogen and oxygen atoms in total. The molecule has 6 heteroatoms. The number of aliphatic hydroxyl groups is 1. The summed E-state index contributed by atoms with van der Waals surface area (Å²) < 4.78 is 16.5. The molecule has 3 rings (SSSR count). The summed E-state index contributed by atoms with van der Waals surface area (Å²) in [6.07, 6.45) is 0.829. The Morgan fingerprint density at radius 1 is 1.19 bits per heavy atom. The van der Waals surface area contributed by atoms with Gasteiger partial charge in [0.15, 0.2) is 0 Å². The van der Waals surface area contributed by atoms with E-state index in [1.165, 1.54) is 0 Å². The van der Waals surface area contributed by atoms with Crippen LogP contribution < -0.4 is 5.46 Å². The van der Waals surface area contributed by atoms with Crippen LogP contribution in [-0.2, 0) is 22.1 Å². The van der Waals surface area contributed by atoms with Crippen LogP contribution in [0.4, 0.5) is 0 Å². The van der Waals surface area contributed by atoms with Gasteiger partial charge in [0.25, 0.3) is 0 Å². The first-order valence-electron chi connectivity index (χ1n) is 6.60. The van der Waals surface area contributed by atoms with Gasteiger partial charge in [0.05, 0.1) is 6.61 Å². The summed E-state index contributed by atoms with van der Waals surface area (Å²) in [5, 5.41) is 20.2. The zero-order chi connectivity index (χ0) is 15.0. The van der Waals surface area contributed by atoms with E-state index < -0.39 is 24.0 Å². The van der Waals surface area contributed by atoms with Gasteiger partial charge >= 0.3 is 7.12 Å². The van der Waals surface area contributed by atoms with E-state index in [1.807, 2.05) is 12.1 Å². The van der Waals surface area contributed by atoms with Crippen LogP contribution in [0.2, 0.25) is 0 Å². The monoisotopic (exact) mass is 302 g/mol. The fourth-order valence-corrected chi connectivity index (χ4v) is 2.96. The molecule has 0 radical (unpaired) electrons. The van der Waals surface area contributed by atoms with Crippen molar-refractivity contribution in [2.45, 2.75) is 17.6 Å². The Kier molecular flexibility index (Phi) is 3.95. The number of hydrogen-bond acceptors (Lipinski definition) is 4. The van der Waals surface area contributed by atoms with Crippen LogP contribution in [-0.4, -0.2) is 27.7 Å². The average molecular weight is 302 g/mol. The minimum Gasteiger partial charge on any atom is -0.423 e. The first-order chi connectivity index (χ1) is 10.1. The van der Waals surface area contributed by atoms with Gasteiger partial charge in [0.1, 0.15) is 6.10 Å². The van der Waals surface area contributed by atoms with Crippen molar-refractivity contribution in [3.05, 3.63) is 59.2 Å². The van der Waals surface area contributed by atoms with Crippen LogP contribution in [0.25, 0.3) is 0 Å². The molecule has 1 aliphatic heterocycles. The van der Waals surface area contributed by atoms with E-state index in [9.17, 15) is 14.3 Å². The summed E-state index contributed by atoms with van der Waals surface area (Å²) in [6.45, 7) is 0.393. The first kappa shape index (κ1) is 14.5. The second kappa shape index (κ2) is 5.73. The summed E-state index contributed by atoms with van der Waals surface area (Å²) >= 11 is 0. The van der Waals surface area contributed by atoms with Gasteiger partial charge in [-0.2, -0.15) is 0 Å². The lowest BCUT2D eigenvalue weighted by Crippen LogP contribution is -2.28. The Hall–Kier alpha value is -1.47. The van der Waals surface area contributed by atoms with E-state index in [0.29, 0.717) is 17.6 Å². The van der Waals surface area contributed by atoms with E-state index in [2.05, 4.69) is 0 Å². The van der Waals surface area contributed by atoms with Crippen molar-refractivity contribution in [1.29, 1.82) is 0 Å². The van der Waals surface area contributed by atoms with Crippen molar-refractivity contribution in [2.24, 2.45) is 0 Å². The SMILES string of the molecule is CS(=O)c1ccc(C(O)c2ccc3c(c2)B(O)OC3)cc1. The van der Waals surface area contributed by atoms with Crippen molar-refractivity contribution in [2.75, 3.05) is 6.26 Å². The van der Waals surface area contributed by atoms with Crippen LogP contribution in [0, 0.1) is 0 Å². The van der Waals surface area contributed by atoms with Crippen molar-refractivity contribution in [1.82, 2.24) is 0 Å². The number of aliphatic hydroxyl groups excluding tert-OH is 1. The molecule has 0 saturated heterocycles. The van der Waals surface area contributed by atoms with E-state index >= 15 is 0 Å². The molecule has 2 aromatic carbocycles. The lowest BCUT2D eigenvalue weighted by molar-refractivity contribution is 0.220. The van der Waals surface area contributed by atoms with Gasteiger partial charge in [-0.05, 0) is 34.3 Å². The van der Waals surface area contributed by atoms with Crippen LogP contribution >= 0.6 is 0 Å². The summed E-state index contributed by atoms with van der Waals surface area (Å²) in [5.41, 5.74) is 3.06. The van der Waals surface area contributed by atoms with Crippen molar-refractivity contribution >= 4 is 23.4 Å². The standard InChI is InChI=1S/C15H15BO4S/c1-21(19)13-6-4-10(5-7-13)15(17)11-2-3-12-9-20-16(18)14(12)8-11/h2-8,15,17-18H,9H2,1H3. The normalized spacial score (nSPS) is 16.6. The Balaban J connectivity index is 1.90. The topological polar surface area (TPSA) is 66.8 Å². The molecule has 0 fully saturated rings. The smallest absolute Gasteiger partial charge is 0.423 e.